The van der Waals surface area contributed by atoms with E-state index in [0.29, 0.717) is 6.04 Å². The van der Waals surface area contributed by atoms with E-state index in [2.05, 4.69) is 10.6 Å². The van der Waals surface area contributed by atoms with Crippen LogP contribution in [0.5, 0.6) is 0 Å². The van der Waals surface area contributed by atoms with Crippen LogP contribution in [0, 0.1) is 11.8 Å². The molecule has 0 radical (unpaired) electrons. The van der Waals surface area contributed by atoms with Crippen molar-refractivity contribution in [1.82, 2.24) is 10.6 Å². The van der Waals surface area contributed by atoms with Crippen LogP contribution in [0.2, 0.25) is 0 Å². The molecule has 3 heteroatoms. The van der Waals surface area contributed by atoms with Crippen molar-refractivity contribution in [1.29, 1.82) is 0 Å². The van der Waals surface area contributed by atoms with Crippen molar-refractivity contribution in [2.24, 2.45) is 11.8 Å². The standard InChI is InChI=1S/C11H18N2O/c14-11-9(2-1-5-12-11)13-10-6-8(10)7-3-4-7/h7-10,13H,1-6H2,(H,12,14). The first kappa shape index (κ1) is 8.72. The summed E-state index contributed by atoms with van der Waals surface area (Å²) >= 11 is 0. The minimum Gasteiger partial charge on any atom is -0.355 e. The van der Waals surface area contributed by atoms with Gasteiger partial charge in [0, 0.05) is 12.6 Å². The lowest BCUT2D eigenvalue weighted by molar-refractivity contribution is -0.124. The number of carbonyl (C=O) groups is 1. The van der Waals surface area contributed by atoms with Gasteiger partial charge in [0.15, 0.2) is 0 Å². The summed E-state index contributed by atoms with van der Waals surface area (Å²) in [5, 5.41) is 6.43. The van der Waals surface area contributed by atoms with Gasteiger partial charge in [-0.25, -0.2) is 0 Å². The Morgan fingerprint density at radius 3 is 2.86 bits per heavy atom. The van der Waals surface area contributed by atoms with E-state index in [1.54, 1.807) is 0 Å². The van der Waals surface area contributed by atoms with Gasteiger partial charge < -0.3 is 10.6 Å². The number of nitrogens with one attached hydrogen (secondary N) is 2. The van der Waals surface area contributed by atoms with E-state index >= 15 is 0 Å². The highest BCUT2D eigenvalue weighted by Crippen LogP contribution is 2.50. The molecule has 14 heavy (non-hydrogen) atoms. The first-order chi connectivity index (χ1) is 6.84. The molecule has 0 spiro atoms. The molecule has 2 aliphatic carbocycles. The molecule has 1 heterocycles. The lowest BCUT2D eigenvalue weighted by Crippen LogP contribution is -2.49. The summed E-state index contributed by atoms with van der Waals surface area (Å²) in [6.45, 7) is 0.869. The predicted molar refractivity (Wildman–Crippen MR) is 53.8 cm³/mol. The third-order valence-electron chi connectivity index (χ3n) is 3.77. The van der Waals surface area contributed by atoms with E-state index in [1.165, 1.54) is 19.3 Å². The van der Waals surface area contributed by atoms with E-state index in [0.717, 1.165) is 31.2 Å². The Bertz CT molecular complexity index is 250. The third-order valence-corrected chi connectivity index (χ3v) is 3.77. The monoisotopic (exact) mass is 194 g/mol. The molecule has 3 nitrogen and oxygen atoms in total. The van der Waals surface area contributed by atoms with Gasteiger partial charge >= 0.3 is 0 Å². The molecule has 1 aliphatic heterocycles. The maximum atomic E-state index is 11.5. The first-order valence-electron chi connectivity index (χ1n) is 5.88. The summed E-state index contributed by atoms with van der Waals surface area (Å²) in [7, 11) is 0. The van der Waals surface area contributed by atoms with E-state index in [1.807, 2.05) is 0 Å². The van der Waals surface area contributed by atoms with Crippen molar-refractivity contribution in [2.75, 3.05) is 6.54 Å². The van der Waals surface area contributed by atoms with Gasteiger partial charge in [-0.1, -0.05) is 0 Å². The maximum Gasteiger partial charge on any atom is 0.237 e. The second-order valence-corrected chi connectivity index (χ2v) is 5.00. The fourth-order valence-electron chi connectivity index (χ4n) is 2.64. The van der Waals surface area contributed by atoms with Crippen LogP contribution in [0.1, 0.15) is 32.1 Å². The Balaban J connectivity index is 1.49. The summed E-state index contributed by atoms with van der Waals surface area (Å²) in [5.41, 5.74) is 0. The highest BCUT2D eigenvalue weighted by molar-refractivity contribution is 5.82. The zero-order chi connectivity index (χ0) is 9.54. The maximum absolute atomic E-state index is 11.5. The molecule has 3 unspecified atom stereocenters. The highest BCUT2D eigenvalue weighted by atomic mass is 16.2. The van der Waals surface area contributed by atoms with Crippen LogP contribution < -0.4 is 10.6 Å². The average molecular weight is 194 g/mol. The molecular weight excluding hydrogens is 176 g/mol. The first-order valence-corrected chi connectivity index (χ1v) is 5.88. The van der Waals surface area contributed by atoms with Crippen LogP contribution >= 0.6 is 0 Å². The van der Waals surface area contributed by atoms with Crippen LogP contribution in [0.15, 0.2) is 0 Å². The number of hydrogen-bond donors (Lipinski definition) is 2. The fourth-order valence-corrected chi connectivity index (χ4v) is 2.64. The van der Waals surface area contributed by atoms with Gasteiger partial charge in [-0.2, -0.15) is 0 Å². The van der Waals surface area contributed by atoms with Crippen molar-refractivity contribution in [3.8, 4) is 0 Å². The Morgan fingerprint density at radius 2 is 2.14 bits per heavy atom. The molecule has 0 aromatic rings. The van der Waals surface area contributed by atoms with Gasteiger partial charge in [0.2, 0.25) is 5.91 Å². The zero-order valence-electron chi connectivity index (χ0n) is 8.46. The van der Waals surface area contributed by atoms with Crippen LogP contribution in [-0.2, 0) is 4.79 Å². The van der Waals surface area contributed by atoms with Gasteiger partial charge in [0.1, 0.15) is 0 Å². The van der Waals surface area contributed by atoms with E-state index in [-0.39, 0.29) is 11.9 Å². The van der Waals surface area contributed by atoms with E-state index in [9.17, 15) is 4.79 Å². The van der Waals surface area contributed by atoms with Gasteiger partial charge in [-0.05, 0) is 43.9 Å². The summed E-state index contributed by atoms with van der Waals surface area (Å²) < 4.78 is 0. The second-order valence-electron chi connectivity index (χ2n) is 5.00. The third kappa shape index (κ3) is 1.65. The van der Waals surface area contributed by atoms with Crippen molar-refractivity contribution < 1.29 is 4.79 Å². The van der Waals surface area contributed by atoms with Crippen molar-refractivity contribution in [2.45, 2.75) is 44.2 Å². The average Bonchev–Trinajstić information content (AvgIpc) is 2.97. The SMILES string of the molecule is O=C1NCCCC1NC1CC1C1CC1. The molecule has 0 aromatic carbocycles. The molecule has 3 fully saturated rings. The number of rotatable bonds is 3. The van der Waals surface area contributed by atoms with Crippen LogP contribution in [0.3, 0.4) is 0 Å². The molecule has 1 saturated heterocycles. The summed E-state index contributed by atoms with van der Waals surface area (Å²) in [6.07, 6.45) is 6.33. The highest BCUT2D eigenvalue weighted by Gasteiger charge is 2.48. The Kier molecular flexibility index (Phi) is 2.01. The number of carbonyl (C=O) groups excluding carboxylic acids is 1. The molecule has 0 aromatic heterocycles. The van der Waals surface area contributed by atoms with Gasteiger partial charge in [0.25, 0.3) is 0 Å². The smallest absolute Gasteiger partial charge is 0.237 e. The molecular formula is C11H18N2O. The minimum atomic E-state index is 0.109. The Morgan fingerprint density at radius 1 is 1.29 bits per heavy atom. The van der Waals surface area contributed by atoms with Crippen LogP contribution in [0.25, 0.3) is 0 Å². The molecule has 2 N–H and O–H groups in total. The summed E-state index contributed by atoms with van der Waals surface area (Å²) in [4.78, 5) is 11.5. The number of amides is 1. The van der Waals surface area contributed by atoms with E-state index in [4.69, 9.17) is 0 Å². The molecule has 3 atom stereocenters. The van der Waals surface area contributed by atoms with Crippen LogP contribution in [-0.4, -0.2) is 24.5 Å². The second kappa shape index (κ2) is 3.23. The Hall–Kier alpha value is -0.570. The molecule has 78 valence electrons. The molecule has 3 rings (SSSR count). The van der Waals surface area contributed by atoms with Gasteiger partial charge in [-0.3, -0.25) is 4.79 Å². The largest absolute Gasteiger partial charge is 0.355 e. The van der Waals surface area contributed by atoms with Crippen LogP contribution in [0.4, 0.5) is 0 Å². The Labute approximate surface area is 84.6 Å². The van der Waals surface area contributed by atoms with Gasteiger partial charge in [-0.15, -0.1) is 0 Å². The van der Waals surface area contributed by atoms with Crippen molar-refractivity contribution in [3.63, 3.8) is 0 Å². The number of hydrogen-bond acceptors (Lipinski definition) is 2. The predicted octanol–water partition coefficient (Wildman–Crippen LogP) is 0.653. The lowest BCUT2D eigenvalue weighted by atomic mass is 10.1. The lowest BCUT2D eigenvalue weighted by Gasteiger charge is -2.23. The molecule has 2 saturated carbocycles. The molecule has 1 amide bonds. The minimum absolute atomic E-state index is 0.109. The topological polar surface area (TPSA) is 41.1 Å². The zero-order valence-corrected chi connectivity index (χ0v) is 8.46. The summed E-state index contributed by atoms with van der Waals surface area (Å²) in [6, 6.07) is 0.772. The number of piperidine rings is 1. The quantitative estimate of drug-likeness (QED) is 0.692. The van der Waals surface area contributed by atoms with E-state index < -0.39 is 0 Å². The molecule has 0 bridgehead atoms. The van der Waals surface area contributed by atoms with Crippen molar-refractivity contribution >= 4 is 5.91 Å². The van der Waals surface area contributed by atoms with Gasteiger partial charge in [0.05, 0.1) is 6.04 Å². The molecule has 3 aliphatic rings. The fraction of sp³-hybridized carbons (Fsp3) is 0.909. The normalized spacial score (nSPS) is 42.0. The summed E-state index contributed by atoms with van der Waals surface area (Å²) in [5.74, 6) is 2.13. The van der Waals surface area contributed by atoms with Crippen molar-refractivity contribution in [3.05, 3.63) is 0 Å².